The molecular weight excluding hydrogens is 439 g/mol. The second-order valence-corrected chi connectivity index (χ2v) is 9.20. The average Bonchev–Trinajstić information content (AvgIpc) is 3.42. The Bertz CT molecular complexity index is 982. The summed E-state index contributed by atoms with van der Waals surface area (Å²) in [4.78, 5) is 23.6. The summed E-state index contributed by atoms with van der Waals surface area (Å²) in [5.74, 6) is 0. The number of hydrogen-bond acceptors (Lipinski definition) is 7. The fourth-order valence-electron chi connectivity index (χ4n) is 4.01. The van der Waals surface area contributed by atoms with Crippen LogP contribution in [0, 0.1) is 5.41 Å². The van der Waals surface area contributed by atoms with Crippen molar-refractivity contribution in [3.8, 4) is 11.4 Å². The largest absolute Gasteiger partial charge is 0.381 e. The molecular formula is C23H35FN8O2. The first-order valence-electron chi connectivity index (χ1n) is 11.5. The van der Waals surface area contributed by atoms with Crippen LogP contribution in [-0.4, -0.2) is 70.8 Å². The number of H-pyrrole nitrogens is 1. The first-order valence-corrected chi connectivity index (χ1v) is 11.5. The minimum Gasteiger partial charge on any atom is -0.381 e. The number of aromatic amines is 1. The van der Waals surface area contributed by atoms with E-state index in [4.69, 9.17) is 5.41 Å². The highest BCUT2D eigenvalue weighted by atomic mass is 19.1. The number of hydrogen-bond donors (Lipinski definition) is 5. The number of amides is 2. The number of piperidine rings is 1. The molecule has 186 valence electrons. The van der Waals surface area contributed by atoms with E-state index in [1.54, 1.807) is 32.6 Å². The fraction of sp³-hybridized carbons (Fsp3) is 0.565. The topological polar surface area (TPSA) is 131 Å². The van der Waals surface area contributed by atoms with Gasteiger partial charge in [-0.25, -0.2) is 14.7 Å². The zero-order valence-corrected chi connectivity index (χ0v) is 20.3. The van der Waals surface area contributed by atoms with Crippen molar-refractivity contribution in [3.05, 3.63) is 24.0 Å². The Hall–Kier alpha value is -3.05. The highest BCUT2D eigenvalue weighted by Crippen LogP contribution is 2.48. The number of anilines is 2. The van der Waals surface area contributed by atoms with Crippen LogP contribution in [0.2, 0.25) is 0 Å². The van der Waals surface area contributed by atoms with Crippen molar-refractivity contribution in [1.29, 1.82) is 5.41 Å². The van der Waals surface area contributed by atoms with Crippen LogP contribution in [0.3, 0.4) is 0 Å². The Morgan fingerprint density at radius 2 is 2.06 bits per heavy atom. The van der Waals surface area contributed by atoms with E-state index < -0.39 is 5.67 Å². The van der Waals surface area contributed by atoms with Gasteiger partial charge in [-0.3, -0.25) is 10.1 Å². The van der Waals surface area contributed by atoms with Gasteiger partial charge in [0, 0.05) is 49.3 Å². The van der Waals surface area contributed by atoms with Crippen LogP contribution in [0.1, 0.15) is 51.5 Å². The summed E-state index contributed by atoms with van der Waals surface area (Å²) in [6, 6.07) is 1.63. The van der Waals surface area contributed by atoms with Gasteiger partial charge in [0.05, 0.1) is 24.7 Å². The summed E-state index contributed by atoms with van der Waals surface area (Å²) in [7, 11) is 3.28. The van der Waals surface area contributed by atoms with Gasteiger partial charge < -0.3 is 25.8 Å². The summed E-state index contributed by atoms with van der Waals surface area (Å²) in [6.45, 7) is 3.85. The summed E-state index contributed by atoms with van der Waals surface area (Å²) >= 11 is 0. The minimum atomic E-state index is -1.40. The minimum absolute atomic E-state index is 0.0480. The number of nitrogens with zero attached hydrogens (tertiary/aromatic N) is 3. The number of urea groups is 1. The number of pyridine rings is 1. The molecule has 2 aliphatic rings. The van der Waals surface area contributed by atoms with Crippen LogP contribution in [0.25, 0.3) is 11.4 Å². The van der Waals surface area contributed by atoms with Gasteiger partial charge in [-0.15, -0.1) is 0 Å². The average molecular weight is 475 g/mol. The van der Waals surface area contributed by atoms with E-state index in [9.17, 15) is 9.18 Å². The number of carbonyl (C=O) groups excluding carboxylic acids is 1. The van der Waals surface area contributed by atoms with Gasteiger partial charge in [-0.2, -0.15) is 5.10 Å². The molecule has 11 heteroatoms. The molecule has 2 aromatic rings. The zero-order chi connectivity index (χ0) is 24.8. The number of likely N-dealkylation sites (tertiary alicyclic amines) is 1. The molecule has 5 N–H and O–H groups in total. The molecule has 0 radical (unpaired) electrons. The molecule has 4 rings (SSSR count). The molecule has 1 aliphatic heterocycles. The summed E-state index contributed by atoms with van der Waals surface area (Å²) in [5, 5.41) is 20.6. The van der Waals surface area contributed by atoms with Gasteiger partial charge in [-0.1, -0.05) is 0 Å². The number of alkyl halides is 1. The van der Waals surface area contributed by atoms with E-state index >= 15 is 0 Å². The van der Waals surface area contributed by atoms with Gasteiger partial charge in [-0.05, 0) is 52.0 Å². The van der Waals surface area contributed by atoms with Crippen LogP contribution in [0.15, 0.2) is 18.5 Å². The third-order valence-electron chi connectivity index (χ3n) is 6.05. The monoisotopic (exact) mass is 474 g/mol. The normalized spacial score (nSPS) is 16.4. The van der Waals surface area contributed by atoms with Crippen LogP contribution in [0.5, 0.6) is 0 Å². The molecule has 3 heterocycles. The van der Waals surface area contributed by atoms with Gasteiger partial charge in [0.2, 0.25) is 0 Å². The third kappa shape index (κ3) is 6.29. The van der Waals surface area contributed by atoms with E-state index in [1.165, 1.54) is 26.5 Å². The van der Waals surface area contributed by atoms with E-state index in [2.05, 4.69) is 36.1 Å². The molecule has 0 aromatic carbocycles. The van der Waals surface area contributed by atoms with Crippen molar-refractivity contribution in [3.63, 3.8) is 0 Å². The lowest BCUT2D eigenvalue weighted by Gasteiger charge is -2.36. The number of carbonyl (C=O) groups is 1. The Balaban J connectivity index is 0.000000751. The molecule has 34 heavy (non-hydrogen) atoms. The lowest BCUT2D eigenvalue weighted by atomic mass is 10.0. The SMILES string of the molecule is CC(C)(F)CNc1cc(-c2[nH]ncc2NC(=O)N2CCCCC23CC3)ncc1C=N.CNOC. The molecule has 2 aromatic heterocycles. The smallest absolute Gasteiger partial charge is 0.322 e. The molecule has 1 saturated heterocycles. The van der Waals surface area contributed by atoms with Crippen LogP contribution < -0.4 is 16.1 Å². The Kier molecular flexibility index (Phi) is 8.21. The molecule has 0 unspecified atom stereocenters. The molecule has 0 atom stereocenters. The lowest BCUT2D eigenvalue weighted by molar-refractivity contribution is 0.112. The highest BCUT2D eigenvalue weighted by Gasteiger charge is 2.51. The number of nitrogens with one attached hydrogen (secondary N) is 5. The molecule has 1 aliphatic carbocycles. The van der Waals surface area contributed by atoms with Crippen molar-refractivity contribution in [2.75, 3.05) is 37.9 Å². The first-order chi connectivity index (χ1) is 16.2. The standard InChI is InChI=1S/C21H28FN7O.C2H7NO/c1-20(2,22)13-25-15-9-16(24-11-14(15)10-23)18-17(12-26-28-18)27-19(30)29-8-4-3-5-21(29)6-7-21;1-3-4-2/h9-12,23H,3-8,13H2,1-2H3,(H,24,25)(H,26,28)(H,27,30);3H,1-2H3. The summed E-state index contributed by atoms with van der Waals surface area (Å²) < 4.78 is 13.9. The second-order valence-electron chi connectivity index (χ2n) is 9.20. The second kappa shape index (κ2) is 10.9. The van der Waals surface area contributed by atoms with Crippen molar-refractivity contribution in [1.82, 2.24) is 25.6 Å². The third-order valence-corrected chi connectivity index (χ3v) is 6.05. The maximum absolute atomic E-state index is 13.9. The highest BCUT2D eigenvalue weighted by molar-refractivity contribution is 5.94. The predicted octanol–water partition coefficient (Wildman–Crippen LogP) is 3.95. The summed E-state index contributed by atoms with van der Waals surface area (Å²) in [6.07, 6.45) is 9.72. The van der Waals surface area contributed by atoms with Crippen LogP contribution in [0.4, 0.5) is 20.6 Å². The van der Waals surface area contributed by atoms with Gasteiger partial charge >= 0.3 is 6.03 Å². The Morgan fingerprint density at radius 1 is 1.32 bits per heavy atom. The number of rotatable bonds is 7. The first kappa shape index (κ1) is 25.6. The zero-order valence-electron chi connectivity index (χ0n) is 20.3. The summed E-state index contributed by atoms with van der Waals surface area (Å²) in [5.41, 5.74) is 3.90. The number of hydroxylamine groups is 1. The van der Waals surface area contributed by atoms with Crippen molar-refractivity contribution < 1.29 is 14.0 Å². The molecule has 1 saturated carbocycles. The van der Waals surface area contributed by atoms with Gasteiger partial charge in [0.25, 0.3) is 0 Å². The molecule has 0 bridgehead atoms. The predicted molar refractivity (Wildman–Crippen MR) is 131 cm³/mol. The maximum atomic E-state index is 13.9. The number of halogens is 1. The molecule has 2 amide bonds. The molecule has 1 spiro atoms. The Labute approximate surface area is 199 Å². The van der Waals surface area contributed by atoms with Crippen molar-refractivity contribution in [2.24, 2.45) is 0 Å². The fourth-order valence-corrected chi connectivity index (χ4v) is 4.01. The molecule has 10 nitrogen and oxygen atoms in total. The van der Waals surface area contributed by atoms with Crippen molar-refractivity contribution >= 4 is 23.6 Å². The number of aromatic nitrogens is 3. The van der Waals surface area contributed by atoms with Crippen LogP contribution >= 0.6 is 0 Å². The van der Waals surface area contributed by atoms with E-state index in [-0.39, 0.29) is 18.1 Å². The van der Waals surface area contributed by atoms with E-state index in [0.29, 0.717) is 28.3 Å². The Morgan fingerprint density at radius 3 is 2.68 bits per heavy atom. The van der Waals surface area contributed by atoms with Gasteiger partial charge in [0.1, 0.15) is 11.4 Å². The quantitative estimate of drug-likeness (QED) is 0.305. The van der Waals surface area contributed by atoms with Crippen LogP contribution in [-0.2, 0) is 4.84 Å². The lowest BCUT2D eigenvalue weighted by Crippen LogP contribution is -2.47. The maximum Gasteiger partial charge on any atom is 0.322 e. The van der Waals surface area contributed by atoms with E-state index in [1.807, 2.05) is 4.90 Å². The molecule has 2 fully saturated rings. The van der Waals surface area contributed by atoms with Gasteiger partial charge in [0.15, 0.2) is 0 Å². The van der Waals surface area contributed by atoms with Crippen molar-refractivity contribution in [2.45, 2.75) is 57.2 Å². The van der Waals surface area contributed by atoms with E-state index in [0.717, 1.165) is 32.2 Å².